The van der Waals surface area contributed by atoms with E-state index in [-0.39, 0.29) is 34.4 Å². The van der Waals surface area contributed by atoms with Crippen LogP contribution in [0.25, 0.3) is 0 Å². The Kier molecular flexibility index (Phi) is 7.68. The Labute approximate surface area is 185 Å². The number of carbonyl (C=O) groups is 3. The first kappa shape index (κ1) is 22.8. The van der Waals surface area contributed by atoms with E-state index in [0.717, 1.165) is 34.3 Å². The van der Waals surface area contributed by atoms with E-state index in [1.54, 1.807) is 20.0 Å². The van der Waals surface area contributed by atoms with E-state index >= 15 is 0 Å². The monoisotopic (exact) mass is 442 g/mol. The fourth-order valence-corrected chi connectivity index (χ4v) is 3.80. The van der Waals surface area contributed by atoms with Crippen LogP contribution in [0.1, 0.15) is 43.7 Å². The van der Waals surface area contributed by atoms with Crippen LogP contribution in [0.4, 0.5) is 4.79 Å². The minimum absolute atomic E-state index is 0.161. The average molecular weight is 443 g/mol. The molecule has 31 heavy (non-hydrogen) atoms. The molecule has 2 heterocycles. The molecule has 1 aromatic carbocycles. The van der Waals surface area contributed by atoms with Crippen molar-refractivity contribution in [1.29, 1.82) is 0 Å². The van der Waals surface area contributed by atoms with Gasteiger partial charge in [0, 0.05) is 23.9 Å². The fourth-order valence-electron chi connectivity index (χ4n) is 2.94. The Hall–Kier alpha value is -2.87. The molecular formula is C23H26N2O5S. The number of benzene rings is 1. The second-order valence-corrected chi connectivity index (χ2v) is 8.82. The van der Waals surface area contributed by atoms with Gasteiger partial charge in [0.15, 0.2) is 0 Å². The van der Waals surface area contributed by atoms with Crippen molar-refractivity contribution in [2.45, 2.75) is 45.0 Å². The van der Waals surface area contributed by atoms with E-state index in [9.17, 15) is 14.4 Å². The summed E-state index contributed by atoms with van der Waals surface area (Å²) in [6, 6.07) is 11.3. The number of imide groups is 1. The molecule has 1 aliphatic rings. The Morgan fingerprint density at radius 1 is 1.13 bits per heavy atom. The third-order valence-electron chi connectivity index (χ3n) is 4.82. The maximum Gasteiger partial charge on any atom is 0.308 e. The molecule has 1 fully saturated rings. The van der Waals surface area contributed by atoms with Gasteiger partial charge in [-0.15, -0.1) is 0 Å². The van der Waals surface area contributed by atoms with Crippen molar-refractivity contribution in [3.8, 4) is 5.75 Å². The van der Waals surface area contributed by atoms with E-state index in [2.05, 4.69) is 10.3 Å². The smallest absolute Gasteiger partial charge is 0.308 e. The van der Waals surface area contributed by atoms with Crippen LogP contribution >= 0.6 is 11.8 Å². The predicted molar refractivity (Wildman–Crippen MR) is 118 cm³/mol. The predicted octanol–water partition coefficient (Wildman–Crippen LogP) is 3.86. The number of esters is 1. The maximum absolute atomic E-state index is 11.7. The summed E-state index contributed by atoms with van der Waals surface area (Å²) >= 11 is 1.03. The fraction of sp³-hybridized carbons (Fsp3) is 0.391. The molecule has 3 rings (SSSR count). The Morgan fingerprint density at radius 3 is 2.45 bits per heavy atom. The van der Waals surface area contributed by atoms with E-state index < -0.39 is 0 Å². The van der Waals surface area contributed by atoms with Crippen molar-refractivity contribution in [2.75, 3.05) is 6.61 Å². The molecule has 1 aromatic heterocycles. The Bertz CT molecular complexity index is 928. The second-order valence-electron chi connectivity index (χ2n) is 7.65. The van der Waals surface area contributed by atoms with Gasteiger partial charge in [0.1, 0.15) is 11.9 Å². The van der Waals surface area contributed by atoms with Crippen LogP contribution < -0.4 is 10.1 Å². The molecule has 0 saturated carbocycles. The van der Waals surface area contributed by atoms with Gasteiger partial charge in [-0.3, -0.25) is 24.7 Å². The summed E-state index contributed by atoms with van der Waals surface area (Å²) in [7, 11) is 0. The molecule has 1 aliphatic heterocycles. The van der Waals surface area contributed by atoms with Crippen LogP contribution in [0.2, 0.25) is 0 Å². The highest BCUT2D eigenvalue weighted by atomic mass is 32.2. The van der Waals surface area contributed by atoms with Crippen molar-refractivity contribution >= 4 is 28.9 Å². The Morgan fingerprint density at radius 2 is 1.87 bits per heavy atom. The van der Waals surface area contributed by atoms with Gasteiger partial charge in [-0.05, 0) is 37.1 Å². The van der Waals surface area contributed by atoms with Crippen LogP contribution in [-0.4, -0.2) is 34.0 Å². The number of carbonyl (C=O) groups excluding carboxylic acids is 3. The topological polar surface area (TPSA) is 94.6 Å². The van der Waals surface area contributed by atoms with Crippen molar-refractivity contribution in [1.82, 2.24) is 10.3 Å². The van der Waals surface area contributed by atoms with Gasteiger partial charge >= 0.3 is 5.97 Å². The summed E-state index contributed by atoms with van der Waals surface area (Å²) in [5.41, 5.74) is 2.71. The molecule has 0 aliphatic carbocycles. The number of rotatable bonds is 9. The van der Waals surface area contributed by atoms with Crippen molar-refractivity contribution in [2.24, 2.45) is 5.92 Å². The molecule has 2 atom stereocenters. The van der Waals surface area contributed by atoms with Gasteiger partial charge in [0.2, 0.25) is 5.91 Å². The van der Waals surface area contributed by atoms with Crippen LogP contribution in [0.15, 0.2) is 42.6 Å². The molecule has 7 nitrogen and oxygen atoms in total. The summed E-state index contributed by atoms with van der Waals surface area (Å²) in [5, 5.41) is 1.64. The molecule has 1 N–H and O–H groups in total. The number of hydrogen-bond donors (Lipinski definition) is 1. The second kappa shape index (κ2) is 10.4. The highest BCUT2D eigenvalue weighted by Crippen LogP contribution is 2.24. The zero-order valence-electron chi connectivity index (χ0n) is 17.8. The van der Waals surface area contributed by atoms with Crippen molar-refractivity contribution in [3.63, 3.8) is 0 Å². The van der Waals surface area contributed by atoms with E-state index in [0.29, 0.717) is 19.4 Å². The summed E-state index contributed by atoms with van der Waals surface area (Å²) in [4.78, 5) is 39.0. The van der Waals surface area contributed by atoms with Crippen molar-refractivity contribution in [3.05, 3.63) is 59.4 Å². The summed E-state index contributed by atoms with van der Waals surface area (Å²) in [5.74, 6) is 0.108. The lowest BCUT2D eigenvalue weighted by Gasteiger charge is -2.15. The standard InChI is InChI=1S/C23H26N2O5S/c1-14(2)22(27)30-15(3)17-6-7-18(24-13-17)10-11-29-19-8-4-16(5-9-19)12-20-21(26)25-23(28)31-20/h4-9,13-15,20H,10-12H2,1-3H3,(H,25,26,28). The largest absolute Gasteiger partial charge is 0.493 e. The average Bonchev–Trinajstić information content (AvgIpc) is 3.06. The highest BCUT2D eigenvalue weighted by molar-refractivity contribution is 8.15. The van der Waals surface area contributed by atoms with E-state index in [4.69, 9.17) is 9.47 Å². The first-order valence-corrected chi connectivity index (χ1v) is 11.1. The number of hydrogen-bond acceptors (Lipinski definition) is 7. The van der Waals surface area contributed by atoms with Crippen LogP contribution in [0.5, 0.6) is 5.75 Å². The SMILES string of the molecule is CC(C)C(=O)OC(C)c1ccc(CCOc2ccc(CC3SC(=O)NC3=O)cc2)nc1. The van der Waals surface area contributed by atoms with Crippen LogP contribution in [0, 0.1) is 5.92 Å². The number of pyridine rings is 1. The van der Waals surface area contributed by atoms with Gasteiger partial charge in [-0.1, -0.05) is 43.8 Å². The van der Waals surface area contributed by atoms with E-state index in [1.165, 1.54) is 0 Å². The van der Waals surface area contributed by atoms with Crippen LogP contribution in [-0.2, 0) is 27.2 Å². The lowest BCUT2D eigenvalue weighted by atomic mass is 10.1. The zero-order valence-corrected chi connectivity index (χ0v) is 18.6. The number of aromatic nitrogens is 1. The number of nitrogens with zero attached hydrogens (tertiary/aromatic N) is 1. The van der Waals surface area contributed by atoms with Gasteiger partial charge in [-0.2, -0.15) is 0 Å². The maximum atomic E-state index is 11.7. The number of amides is 2. The lowest BCUT2D eigenvalue weighted by Crippen LogP contribution is -2.25. The first-order valence-electron chi connectivity index (χ1n) is 10.2. The third kappa shape index (κ3) is 6.55. The van der Waals surface area contributed by atoms with Gasteiger partial charge < -0.3 is 9.47 Å². The molecule has 0 bridgehead atoms. The molecule has 2 aromatic rings. The van der Waals surface area contributed by atoms with Gasteiger partial charge in [-0.25, -0.2) is 0 Å². The minimum atomic E-state index is -0.370. The molecule has 8 heteroatoms. The highest BCUT2D eigenvalue weighted by Gasteiger charge is 2.31. The molecule has 0 radical (unpaired) electrons. The number of nitrogens with one attached hydrogen (secondary N) is 1. The third-order valence-corrected chi connectivity index (χ3v) is 5.80. The minimum Gasteiger partial charge on any atom is -0.493 e. The van der Waals surface area contributed by atoms with Gasteiger partial charge in [0.05, 0.1) is 17.8 Å². The van der Waals surface area contributed by atoms with E-state index in [1.807, 2.05) is 43.3 Å². The quantitative estimate of drug-likeness (QED) is 0.589. The van der Waals surface area contributed by atoms with Crippen molar-refractivity contribution < 1.29 is 23.9 Å². The summed E-state index contributed by atoms with van der Waals surface area (Å²) in [6.07, 6.45) is 2.54. The molecule has 164 valence electrons. The zero-order chi connectivity index (χ0) is 22.4. The molecule has 2 amide bonds. The van der Waals surface area contributed by atoms with Gasteiger partial charge in [0.25, 0.3) is 5.24 Å². The Balaban J connectivity index is 1.44. The lowest BCUT2D eigenvalue weighted by molar-refractivity contribution is -0.152. The number of thioether (sulfide) groups is 1. The summed E-state index contributed by atoms with van der Waals surface area (Å²) < 4.78 is 11.2. The number of ether oxygens (including phenoxy) is 2. The molecular weight excluding hydrogens is 416 g/mol. The van der Waals surface area contributed by atoms with Crippen LogP contribution in [0.3, 0.4) is 0 Å². The normalized spacial score (nSPS) is 16.8. The molecule has 0 spiro atoms. The molecule has 1 saturated heterocycles. The first-order chi connectivity index (χ1) is 14.8. The summed E-state index contributed by atoms with van der Waals surface area (Å²) in [6.45, 7) is 5.91. The molecule has 2 unspecified atom stereocenters.